The molecule has 2 fully saturated rings. The number of nitrogens with one attached hydrogen (secondary N) is 1. The zero-order valence-corrected chi connectivity index (χ0v) is 21.9. The number of carbonyl (C=O) groups excluding carboxylic acids is 2. The number of benzene rings is 1. The van der Waals surface area contributed by atoms with Crippen LogP contribution in [0.3, 0.4) is 0 Å². The van der Waals surface area contributed by atoms with Crippen molar-refractivity contribution in [2.75, 3.05) is 25.0 Å². The zero-order valence-electron chi connectivity index (χ0n) is 20.3. The molecule has 0 unspecified atom stereocenters. The molecular formula is C26H32FN3O4S2. The Balaban J connectivity index is 1.42. The average Bonchev–Trinajstić information content (AvgIpc) is 3.44. The quantitative estimate of drug-likeness (QED) is 0.571. The number of likely N-dealkylation sites (tertiary alicyclic amines) is 1. The molecule has 1 aromatic heterocycles. The summed E-state index contributed by atoms with van der Waals surface area (Å²) in [5.74, 6) is -0.957. The highest BCUT2D eigenvalue weighted by atomic mass is 32.2. The van der Waals surface area contributed by atoms with Gasteiger partial charge in [0.1, 0.15) is 16.9 Å². The highest BCUT2D eigenvalue weighted by molar-refractivity contribution is 7.89. The van der Waals surface area contributed by atoms with Crippen LogP contribution >= 0.6 is 11.3 Å². The Kier molecular flexibility index (Phi) is 7.46. The van der Waals surface area contributed by atoms with Gasteiger partial charge in [0.2, 0.25) is 15.9 Å². The molecular weight excluding hydrogens is 501 g/mol. The van der Waals surface area contributed by atoms with E-state index in [1.807, 2.05) is 4.90 Å². The van der Waals surface area contributed by atoms with E-state index in [-0.39, 0.29) is 17.3 Å². The van der Waals surface area contributed by atoms with E-state index in [4.69, 9.17) is 0 Å². The van der Waals surface area contributed by atoms with Gasteiger partial charge in [-0.05, 0) is 87.6 Å². The number of hydrogen-bond donors (Lipinski definition) is 1. The molecule has 3 aliphatic rings. The fraction of sp³-hybridized carbons (Fsp3) is 0.538. The summed E-state index contributed by atoms with van der Waals surface area (Å²) in [4.78, 5) is 30.2. The molecule has 7 nitrogen and oxygen atoms in total. The Morgan fingerprint density at radius 3 is 2.36 bits per heavy atom. The fourth-order valence-corrected chi connectivity index (χ4v) is 8.48. The maximum atomic E-state index is 13.6. The number of rotatable bonds is 5. The summed E-state index contributed by atoms with van der Waals surface area (Å²) in [6, 6.07) is 3.79. The van der Waals surface area contributed by atoms with Crippen molar-refractivity contribution in [1.29, 1.82) is 0 Å². The van der Waals surface area contributed by atoms with Crippen molar-refractivity contribution in [3.05, 3.63) is 46.1 Å². The number of halogens is 1. The molecule has 2 amide bonds. The molecule has 5 rings (SSSR count). The van der Waals surface area contributed by atoms with Crippen LogP contribution in [0.2, 0.25) is 0 Å². The second-order valence-corrected chi connectivity index (χ2v) is 12.8. The van der Waals surface area contributed by atoms with Crippen molar-refractivity contribution in [3.8, 4) is 0 Å². The topological polar surface area (TPSA) is 86.8 Å². The molecule has 1 aromatic carbocycles. The number of aryl methyl sites for hydroxylation is 1. The molecule has 36 heavy (non-hydrogen) atoms. The summed E-state index contributed by atoms with van der Waals surface area (Å²) < 4.78 is 41.1. The number of piperidine rings is 1. The fourth-order valence-electron chi connectivity index (χ4n) is 5.54. The van der Waals surface area contributed by atoms with Crippen molar-refractivity contribution in [2.24, 2.45) is 0 Å². The summed E-state index contributed by atoms with van der Waals surface area (Å²) >= 11 is 1.47. The second-order valence-electron chi connectivity index (χ2n) is 9.84. The lowest BCUT2D eigenvalue weighted by Crippen LogP contribution is -2.43. The first-order valence-electron chi connectivity index (χ1n) is 12.9. The first-order valence-corrected chi connectivity index (χ1v) is 15.1. The van der Waals surface area contributed by atoms with Gasteiger partial charge in [0.25, 0.3) is 5.91 Å². The molecule has 2 aliphatic heterocycles. The monoisotopic (exact) mass is 533 g/mol. The number of sulfonamides is 1. The van der Waals surface area contributed by atoms with Crippen LogP contribution < -0.4 is 5.32 Å². The van der Waals surface area contributed by atoms with Crippen molar-refractivity contribution in [1.82, 2.24) is 9.21 Å². The van der Waals surface area contributed by atoms with Gasteiger partial charge in [0, 0.05) is 24.5 Å². The average molecular weight is 534 g/mol. The van der Waals surface area contributed by atoms with E-state index in [9.17, 15) is 22.4 Å². The van der Waals surface area contributed by atoms with Gasteiger partial charge in [0.05, 0.1) is 10.5 Å². The molecule has 0 spiro atoms. The summed E-state index contributed by atoms with van der Waals surface area (Å²) in [5, 5.41) is 3.53. The van der Waals surface area contributed by atoms with E-state index in [0.29, 0.717) is 23.4 Å². The van der Waals surface area contributed by atoms with Gasteiger partial charge in [-0.15, -0.1) is 11.3 Å². The maximum Gasteiger partial charge on any atom is 0.257 e. The molecule has 0 bridgehead atoms. The van der Waals surface area contributed by atoms with Crippen molar-refractivity contribution < 1.29 is 22.4 Å². The molecule has 194 valence electrons. The number of anilines is 1. The lowest BCUT2D eigenvalue weighted by molar-refractivity contribution is -0.119. The normalized spacial score (nSPS) is 21.1. The SMILES string of the molecule is O=C(Nc1sc2c(c1C(=O)N1CCCCC1)CCCCC2)[C@H]1CCCN1S(=O)(=O)c1ccc(F)cc1. The number of fused-ring (bicyclic) bond motifs is 1. The third kappa shape index (κ3) is 4.95. The molecule has 3 heterocycles. The minimum atomic E-state index is -3.96. The third-order valence-corrected chi connectivity index (χ3v) is 10.6. The van der Waals surface area contributed by atoms with Crippen LogP contribution in [-0.2, 0) is 27.7 Å². The van der Waals surface area contributed by atoms with Crippen LogP contribution in [-0.4, -0.2) is 55.1 Å². The Hall–Kier alpha value is -2.30. The Bertz CT molecular complexity index is 1240. The minimum Gasteiger partial charge on any atom is -0.339 e. The maximum absolute atomic E-state index is 13.6. The molecule has 0 radical (unpaired) electrons. The van der Waals surface area contributed by atoms with Crippen LogP contribution in [0.15, 0.2) is 29.2 Å². The van der Waals surface area contributed by atoms with Crippen molar-refractivity contribution >= 4 is 38.2 Å². The molecule has 1 aliphatic carbocycles. The smallest absolute Gasteiger partial charge is 0.257 e. The van der Waals surface area contributed by atoms with Gasteiger partial charge in [-0.1, -0.05) is 6.42 Å². The second kappa shape index (κ2) is 10.6. The van der Waals surface area contributed by atoms with Gasteiger partial charge in [-0.25, -0.2) is 12.8 Å². The summed E-state index contributed by atoms with van der Waals surface area (Å²) in [7, 11) is -3.96. The first kappa shape index (κ1) is 25.4. The molecule has 0 saturated carbocycles. The van der Waals surface area contributed by atoms with E-state index in [1.54, 1.807) is 0 Å². The van der Waals surface area contributed by atoms with Crippen LogP contribution in [0.5, 0.6) is 0 Å². The van der Waals surface area contributed by atoms with E-state index >= 15 is 0 Å². The predicted molar refractivity (Wildman–Crippen MR) is 137 cm³/mol. The van der Waals surface area contributed by atoms with Gasteiger partial charge in [-0.2, -0.15) is 4.31 Å². The van der Waals surface area contributed by atoms with Gasteiger partial charge >= 0.3 is 0 Å². The minimum absolute atomic E-state index is 0.0217. The standard InChI is InChI=1S/C26H32FN3O4S2/c27-18-11-13-19(14-12-18)36(33,34)30-17-7-9-21(30)24(31)28-25-23(26(32)29-15-5-2-6-16-29)20-8-3-1-4-10-22(20)35-25/h11-14,21H,1-10,15-17H2,(H,28,31)/t21-/m1/s1. The summed E-state index contributed by atoms with van der Waals surface area (Å²) in [6.07, 6.45) is 8.96. The largest absolute Gasteiger partial charge is 0.339 e. The third-order valence-electron chi connectivity index (χ3n) is 7.44. The van der Waals surface area contributed by atoms with Crippen LogP contribution in [0.25, 0.3) is 0 Å². The number of amides is 2. The molecule has 10 heteroatoms. The predicted octanol–water partition coefficient (Wildman–Crippen LogP) is 4.57. The molecule has 2 saturated heterocycles. The van der Waals surface area contributed by atoms with Crippen LogP contribution in [0.1, 0.15) is 72.2 Å². The molecule has 1 N–H and O–H groups in total. The van der Waals surface area contributed by atoms with Gasteiger partial charge in [0.15, 0.2) is 0 Å². The van der Waals surface area contributed by atoms with Crippen molar-refractivity contribution in [2.45, 2.75) is 75.1 Å². The summed E-state index contributed by atoms with van der Waals surface area (Å²) in [6.45, 7) is 1.67. The Morgan fingerprint density at radius 1 is 0.917 bits per heavy atom. The highest BCUT2D eigenvalue weighted by Crippen LogP contribution is 2.39. The zero-order chi connectivity index (χ0) is 25.3. The number of nitrogens with zero attached hydrogens (tertiary/aromatic N) is 2. The first-order chi connectivity index (χ1) is 17.4. The van der Waals surface area contributed by atoms with E-state index in [1.165, 1.54) is 27.8 Å². The lowest BCUT2D eigenvalue weighted by Gasteiger charge is -2.28. The van der Waals surface area contributed by atoms with Crippen LogP contribution in [0, 0.1) is 5.82 Å². The Labute approximate surface area is 215 Å². The molecule has 1 atom stereocenters. The van der Waals surface area contributed by atoms with E-state index in [0.717, 1.165) is 87.0 Å². The number of carbonyl (C=O) groups is 2. The highest BCUT2D eigenvalue weighted by Gasteiger charge is 2.40. The number of hydrogen-bond acceptors (Lipinski definition) is 5. The van der Waals surface area contributed by atoms with Gasteiger partial charge in [-0.3, -0.25) is 9.59 Å². The van der Waals surface area contributed by atoms with Crippen molar-refractivity contribution in [3.63, 3.8) is 0 Å². The van der Waals surface area contributed by atoms with Crippen LogP contribution in [0.4, 0.5) is 9.39 Å². The lowest BCUT2D eigenvalue weighted by atomic mass is 10.0. The number of thiophene rings is 1. The Morgan fingerprint density at radius 2 is 1.61 bits per heavy atom. The molecule has 2 aromatic rings. The van der Waals surface area contributed by atoms with Gasteiger partial charge < -0.3 is 10.2 Å². The van der Waals surface area contributed by atoms with E-state index in [2.05, 4.69) is 5.32 Å². The van der Waals surface area contributed by atoms with E-state index < -0.39 is 27.8 Å². The summed E-state index contributed by atoms with van der Waals surface area (Å²) in [5.41, 5.74) is 1.67.